The summed E-state index contributed by atoms with van der Waals surface area (Å²) < 4.78 is 26.4. The molecule has 0 radical (unpaired) electrons. The van der Waals surface area contributed by atoms with Crippen LogP contribution in [0.4, 0.5) is 8.78 Å². The first kappa shape index (κ1) is 12.0. The first-order chi connectivity index (χ1) is 7.06. The fourth-order valence-electron chi connectivity index (χ4n) is 1.40. The Labute approximate surface area is 87.8 Å². The quantitative estimate of drug-likeness (QED) is 0.582. The molecule has 1 unspecified atom stereocenters. The van der Waals surface area contributed by atoms with Crippen molar-refractivity contribution in [2.24, 2.45) is 5.84 Å². The Bertz CT molecular complexity index is 328. The van der Waals surface area contributed by atoms with E-state index >= 15 is 0 Å². The molecule has 1 atom stereocenters. The highest BCUT2D eigenvalue weighted by Crippen LogP contribution is 2.19. The summed E-state index contributed by atoms with van der Waals surface area (Å²) in [6.45, 7) is 0.497. The molecule has 0 spiro atoms. The lowest BCUT2D eigenvalue weighted by Gasteiger charge is -2.21. The van der Waals surface area contributed by atoms with Gasteiger partial charge in [-0.25, -0.2) is 8.78 Å². The average molecular weight is 215 g/mol. The van der Waals surface area contributed by atoms with E-state index in [2.05, 4.69) is 5.43 Å². The van der Waals surface area contributed by atoms with E-state index in [0.29, 0.717) is 6.54 Å². The van der Waals surface area contributed by atoms with Gasteiger partial charge in [0.2, 0.25) is 0 Å². The van der Waals surface area contributed by atoms with Crippen molar-refractivity contribution in [3.05, 3.63) is 35.4 Å². The summed E-state index contributed by atoms with van der Waals surface area (Å²) in [4.78, 5) is 1.84. The minimum atomic E-state index is -0.855. The molecule has 1 rings (SSSR count). The Balaban J connectivity index is 2.96. The maximum absolute atomic E-state index is 13.4. The van der Waals surface area contributed by atoms with E-state index in [4.69, 9.17) is 5.84 Å². The van der Waals surface area contributed by atoms with E-state index in [0.717, 1.165) is 6.07 Å². The third-order valence-electron chi connectivity index (χ3n) is 2.11. The highest BCUT2D eigenvalue weighted by atomic mass is 19.2. The van der Waals surface area contributed by atoms with Gasteiger partial charge in [-0.3, -0.25) is 11.3 Å². The van der Waals surface area contributed by atoms with Crippen molar-refractivity contribution in [1.82, 2.24) is 10.3 Å². The zero-order valence-corrected chi connectivity index (χ0v) is 8.80. The lowest BCUT2D eigenvalue weighted by Crippen LogP contribution is -2.36. The molecule has 3 nitrogen and oxygen atoms in total. The minimum absolute atomic E-state index is 0.242. The molecular formula is C10H15F2N3. The molecule has 5 heteroatoms. The van der Waals surface area contributed by atoms with Crippen LogP contribution in [0.15, 0.2) is 18.2 Å². The zero-order chi connectivity index (χ0) is 11.4. The number of hydrogen-bond donors (Lipinski definition) is 2. The van der Waals surface area contributed by atoms with E-state index in [1.54, 1.807) is 0 Å². The number of hydrazine groups is 1. The van der Waals surface area contributed by atoms with Gasteiger partial charge >= 0.3 is 0 Å². The number of hydrogen-bond acceptors (Lipinski definition) is 3. The minimum Gasteiger partial charge on any atom is -0.307 e. The van der Waals surface area contributed by atoms with Crippen molar-refractivity contribution in [2.45, 2.75) is 6.04 Å². The van der Waals surface area contributed by atoms with Gasteiger partial charge in [-0.2, -0.15) is 0 Å². The fraction of sp³-hybridized carbons (Fsp3) is 0.400. The van der Waals surface area contributed by atoms with Crippen LogP contribution >= 0.6 is 0 Å². The maximum Gasteiger partial charge on any atom is 0.163 e. The average Bonchev–Trinajstić information content (AvgIpc) is 2.19. The van der Waals surface area contributed by atoms with Crippen molar-refractivity contribution in [3.63, 3.8) is 0 Å². The molecular weight excluding hydrogens is 200 g/mol. The first-order valence-corrected chi connectivity index (χ1v) is 4.61. The van der Waals surface area contributed by atoms with Crippen molar-refractivity contribution in [2.75, 3.05) is 20.6 Å². The van der Waals surface area contributed by atoms with Crippen LogP contribution in [0, 0.1) is 11.6 Å². The smallest absolute Gasteiger partial charge is 0.163 e. The van der Waals surface area contributed by atoms with Gasteiger partial charge in [-0.05, 0) is 20.2 Å². The van der Waals surface area contributed by atoms with Crippen molar-refractivity contribution >= 4 is 0 Å². The maximum atomic E-state index is 13.4. The van der Waals surface area contributed by atoms with E-state index < -0.39 is 17.7 Å². The van der Waals surface area contributed by atoms with E-state index in [9.17, 15) is 8.78 Å². The molecule has 0 amide bonds. The standard InChI is InChI=1S/C10H15F2N3/c1-15(2)6-9(14-13)7-4-3-5-8(11)10(7)12/h3-5,9,14H,6,13H2,1-2H3. The highest BCUT2D eigenvalue weighted by Gasteiger charge is 2.17. The van der Waals surface area contributed by atoms with E-state index in [1.807, 2.05) is 19.0 Å². The first-order valence-electron chi connectivity index (χ1n) is 4.61. The lowest BCUT2D eigenvalue weighted by atomic mass is 10.1. The van der Waals surface area contributed by atoms with Crippen LogP contribution in [0.5, 0.6) is 0 Å². The Morgan fingerprint density at radius 1 is 1.40 bits per heavy atom. The summed E-state index contributed by atoms with van der Waals surface area (Å²) in [5.41, 5.74) is 2.71. The number of halogens is 2. The number of likely N-dealkylation sites (N-methyl/N-ethyl adjacent to an activating group) is 1. The molecule has 0 aliphatic carbocycles. The number of nitrogens with zero attached hydrogens (tertiary/aromatic N) is 1. The normalized spacial score (nSPS) is 13.2. The summed E-state index contributed by atoms with van der Waals surface area (Å²) in [5, 5.41) is 0. The molecule has 3 N–H and O–H groups in total. The molecule has 0 aromatic heterocycles. The SMILES string of the molecule is CN(C)CC(NN)c1cccc(F)c1F. The van der Waals surface area contributed by atoms with E-state index in [-0.39, 0.29) is 5.56 Å². The molecule has 0 aliphatic heterocycles. The Kier molecular flexibility index (Phi) is 4.14. The van der Waals surface area contributed by atoms with Gasteiger partial charge in [-0.15, -0.1) is 0 Å². The second-order valence-electron chi connectivity index (χ2n) is 3.62. The number of rotatable bonds is 4. The molecule has 0 saturated heterocycles. The van der Waals surface area contributed by atoms with Crippen LogP contribution in [0.25, 0.3) is 0 Å². The summed E-state index contributed by atoms with van der Waals surface area (Å²) in [6.07, 6.45) is 0. The largest absolute Gasteiger partial charge is 0.307 e. The molecule has 0 aliphatic rings. The van der Waals surface area contributed by atoms with Crippen molar-refractivity contribution in [3.8, 4) is 0 Å². The zero-order valence-electron chi connectivity index (χ0n) is 8.80. The second kappa shape index (κ2) is 5.16. The van der Waals surface area contributed by atoms with Crippen molar-refractivity contribution < 1.29 is 8.78 Å². The van der Waals surface area contributed by atoms with Crippen LogP contribution in [0.3, 0.4) is 0 Å². The highest BCUT2D eigenvalue weighted by molar-refractivity contribution is 5.22. The Morgan fingerprint density at radius 2 is 2.07 bits per heavy atom. The molecule has 0 saturated carbocycles. The Morgan fingerprint density at radius 3 is 2.60 bits per heavy atom. The molecule has 0 fully saturated rings. The molecule has 1 aromatic carbocycles. The number of nitrogens with one attached hydrogen (secondary N) is 1. The summed E-state index contributed by atoms with van der Waals surface area (Å²) >= 11 is 0. The van der Waals surface area contributed by atoms with Gasteiger partial charge in [0.25, 0.3) is 0 Å². The van der Waals surface area contributed by atoms with Gasteiger partial charge in [0.15, 0.2) is 11.6 Å². The lowest BCUT2D eigenvalue weighted by molar-refractivity contribution is 0.336. The predicted octanol–water partition coefficient (Wildman–Crippen LogP) is 1.03. The van der Waals surface area contributed by atoms with Gasteiger partial charge in [0.1, 0.15) is 0 Å². The van der Waals surface area contributed by atoms with Crippen LogP contribution in [0.1, 0.15) is 11.6 Å². The van der Waals surface area contributed by atoms with Crippen LogP contribution in [0.2, 0.25) is 0 Å². The predicted molar refractivity (Wildman–Crippen MR) is 55.0 cm³/mol. The summed E-state index contributed by atoms with van der Waals surface area (Å²) in [5.74, 6) is 3.61. The Hall–Kier alpha value is -1.04. The van der Waals surface area contributed by atoms with Crippen LogP contribution in [-0.2, 0) is 0 Å². The number of benzene rings is 1. The molecule has 0 bridgehead atoms. The summed E-state index contributed by atoms with van der Waals surface area (Å²) in [7, 11) is 3.67. The fourth-order valence-corrected chi connectivity index (χ4v) is 1.40. The molecule has 84 valence electrons. The third kappa shape index (κ3) is 2.95. The molecule has 15 heavy (non-hydrogen) atoms. The van der Waals surface area contributed by atoms with Gasteiger partial charge in [-0.1, -0.05) is 12.1 Å². The van der Waals surface area contributed by atoms with Gasteiger partial charge < -0.3 is 4.90 Å². The third-order valence-corrected chi connectivity index (χ3v) is 2.11. The van der Waals surface area contributed by atoms with Crippen molar-refractivity contribution in [1.29, 1.82) is 0 Å². The van der Waals surface area contributed by atoms with Crippen LogP contribution in [-0.4, -0.2) is 25.5 Å². The van der Waals surface area contributed by atoms with Crippen LogP contribution < -0.4 is 11.3 Å². The topological polar surface area (TPSA) is 41.3 Å². The monoisotopic (exact) mass is 215 g/mol. The summed E-state index contributed by atoms with van der Waals surface area (Å²) in [6, 6.07) is 3.65. The number of nitrogens with two attached hydrogens (primary N) is 1. The second-order valence-corrected chi connectivity index (χ2v) is 3.62. The van der Waals surface area contributed by atoms with E-state index in [1.165, 1.54) is 12.1 Å². The van der Waals surface area contributed by atoms with Gasteiger partial charge in [0.05, 0.1) is 6.04 Å². The molecule has 1 aromatic rings. The molecule has 0 heterocycles. The van der Waals surface area contributed by atoms with Gasteiger partial charge in [0, 0.05) is 12.1 Å².